The van der Waals surface area contributed by atoms with Gasteiger partial charge in [0.15, 0.2) is 0 Å². The van der Waals surface area contributed by atoms with Gasteiger partial charge in [-0.2, -0.15) is 0 Å². The minimum absolute atomic E-state index is 0.00746. The van der Waals surface area contributed by atoms with Gasteiger partial charge in [-0.3, -0.25) is 4.79 Å². The van der Waals surface area contributed by atoms with Crippen LogP contribution in [-0.4, -0.2) is 11.9 Å². The maximum Gasteiger partial charge on any atom is 0.258 e. The summed E-state index contributed by atoms with van der Waals surface area (Å²) < 4.78 is 0. The number of carbonyl (C=O) groups excluding carboxylic acids is 1. The Morgan fingerprint density at radius 3 is 2.31 bits per heavy atom. The smallest absolute Gasteiger partial charge is 0.258 e. The molecule has 0 radical (unpaired) electrons. The zero-order valence-electron chi connectivity index (χ0n) is 16.9. The topological polar surface area (TPSA) is 32.3 Å². The molecule has 148 valence electrons. The minimum atomic E-state index is 0.00746. The summed E-state index contributed by atoms with van der Waals surface area (Å²) >= 11 is 6.00. The Morgan fingerprint density at radius 1 is 0.966 bits per heavy atom. The Morgan fingerprint density at radius 2 is 1.62 bits per heavy atom. The van der Waals surface area contributed by atoms with Crippen molar-refractivity contribution in [2.75, 3.05) is 10.2 Å². The molecule has 3 aromatic carbocycles. The largest absolute Gasteiger partial charge is 0.378 e. The monoisotopic (exact) mass is 404 g/mol. The number of halogens is 1. The van der Waals surface area contributed by atoms with Crippen LogP contribution in [0.3, 0.4) is 0 Å². The van der Waals surface area contributed by atoms with Crippen LogP contribution in [0.5, 0.6) is 0 Å². The Hall–Kier alpha value is -2.78. The highest BCUT2D eigenvalue weighted by molar-refractivity contribution is 6.30. The van der Waals surface area contributed by atoms with E-state index in [1.807, 2.05) is 4.90 Å². The molecule has 4 heteroatoms. The lowest BCUT2D eigenvalue weighted by molar-refractivity contribution is 0.0974. The van der Waals surface area contributed by atoms with Crippen LogP contribution in [0.15, 0.2) is 66.7 Å². The van der Waals surface area contributed by atoms with Crippen LogP contribution in [-0.2, 0) is 0 Å². The molecule has 0 saturated carbocycles. The molecule has 0 bridgehead atoms. The lowest BCUT2D eigenvalue weighted by atomic mass is 9.89. The number of benzene rings is 3. The van der Waals surface area contributed by atoms with Crippen LogP contribution in [0.2, 0.25) is 5.02 Å². The van der Waals surface area contributed by atoms with Gasteiger partial charge in [0, 0.05) is 28.0 Å². The highest BCUT2D eigenvalue weighted by atomic mass is 35.5. The number of aryl methyl sites for hydroxylation is 2. The molecule has 29 heavy (non-hydrogen) atoms. The van der Waals surface area contributed by atoms with Crippen molar-refractivity contribution in [2.24, 2.45) is 0 Å². The van der Waals surface area contributed by atoms with Crippen LogP contribution < -0.4 is 10.2 Å². The highest BCUT2D eigenvalue weighted by Gasteiger charge is 2.34. The van der Waals surface area contributed by atoms with Gasteiger partial charge in [-0.1, -0.05) is 47.0 Å². The van der Waals surface area contributed by atoms with Crippen LogP contribution in [0.1, 0.15) is 46.4 Å². The predicted molar refractivity (Wildman–Crippen MR) is 121 cm³/mol. The first-order valence-corrected chi connectivity index (χ1v) is 10.3. The first-order valence-electron chi connectivity index (χ1n) is 9.95. The fourth-order valence-corrected chi connectivity index (χ4v) is 4.14. The summed E-state index contributed by atoms with van der Waals surface area (Å²) in [6.07, 6.45) is 0.837. The van der Waals surface area contributed by atoms with Gasteiger partial charge in [-0.25, -0.2) is 0 Å². The Bertz CT molecular complexity index is 1030. The number of carbonyl (C=O) groups is 1. The molecule has 1 amide bonds. The van der Waals surface area contributed by atoms with Crippen LogP contribution >= 0.6 is 11.6 Å². The molecule has 1 N–H and O–H groups in total. The third-order valence-corrected chi connectivity index (χ3v) is 5.79. The van der Waals surface area contributed by atoms with Gasteiger partial charge in [0.1, 0.15) is 0 Å². The van der Waals surface area contributed by atoms with Crippen molar-refractivity contribution < 1.29 is 4.79 Å². The van der Waals surface area contributed by atoms with E-state index in [1.54, 1.807) is 24.3 Å². The van der Waals surface area contributed by atoms with E-state index in [0.29, 0.717) is 10.6 Å². The van der Waals surface area contributed by atoms with E-state index in [9.17, 15) is 4.79 Å². The lowest BCUT2D eigenvalue weighted by Crippen LogP contribution is -2.44. The lowest BCUT2D eigenvalue weighted by Gasteiger charge is -2.40. The van der Waals surface area contributed by atoms with Crippen molar-refractivity contribution in [3.8, 4) is 0 Å². The first kappa shape index (κ1) is 19.5. The summed E-state index contributed by atoms with van der Waals surface area (Å²) in [7, 11) is 0. The van der Waals surface area contributed by atoms with E-state index in [-0.39, 0.29) is 18.0 Å². The number of amides is 1. The van der Waals surface area contributed by atoms with Crippen molar-refractivity contribution in [3.63, 3.8) is 0 Å². The number of nitrogens with one attached hydrogen (secondary N) is 1. The van der Waals surface area contributed by atoms with E-state index >= 15 is 0 Å². The van der Waals surface area contributed by atoms with Gasteiger partial charge in [0.2, 0.25) is 0 Å². The molecule has 3 nitrogen and oxygen atoms in total. The number of anilines is 2. The summed E-state index contributed by atoms with van der Waals surface area (Å²) in [5.41, 5.74) is 6.30. The molecule has 1 heterocycles. The quantitative estimate of drug-likeness (QED) is 0.536. The summed E-state index contributed by atoms with van der Waals surface area (Å²) in [6, 6.07) is 22.1. The standard InChI is InChI=1S/C25H25ClN2O/c1-16-4-11-21(12-5-16)27-23-15-18(3)28(24-13-6-17(2)14-22(23)24)25(29)19-7-9-20(26)10-8-19/h4-14,18,23,27H,15H2,1-3H3/t18-,23+/m0/s1. The van der Waals surface area contributed by atoms with E-state index in [0.717, 1.165) is 23.4 Å². The van der Waals surface area contributed by atoms with Crippen molar-refractivity contribution in [1.29, 1.82) is 0 Å². The normalized spacial score (nSPS) is 18.3. The highest BCUT2D eigenvalue weighted by Crippen LogP contribution is 2.40. The van der Waals surface area contributed by atoms with Crippen LogP contribution in [0.4, 0.5) is 11.4 Å². The van der Waals surface area contributed by atoms with E-state index in [4.69, 9.17) is 11.6 Å². The fourth-order valence-electron chi connectivity index (χ4n) is 4.01. The van der Waals surface area contributed by atoms with Crippen molar-refractivity contribution in [1.82, 2.24) is 0 Å². The average Bonchev–Trinajstić information content (AvgIpc) is 2.70. The molecule has 0 unspecified atom stereocenters. The van der Waals surface area contributed by atoms with Crippen LogP contribution in [0, 0.1) is 13.8 Å². The molecule has 1 aliphatic rings. The third-order valence-electron chi connectivity index (χ3n) is 5.54. The minimum Gasteiger partial charge on any atom is -0.378 e. The van der Waals surface area contributed by atoms with Crippen LogP contribution in [0.25, 0.3) is 0 Å². The molecule has 0 fully saturated rings. The number of rotatable bonds is 3. The second kappa shape index (κ2) is 7.92. The van der Waals surface area contributed by atoms with E-state index in [2.05, 4.69) is 68.6 Å². The first-order chi connectivity index (χ1) is 13.9. The molecule has 0 saturated heterocycles. The molecular formula is C25H25ClN2O. The number of fused-ring (bicyclic) bond motifs is 1. The average molecular weight is 405 g/mol. The molecule has 4 rings (SSSR count). The molecule has 1 aliphatic heterocycles. The Kier molecular flexibility index (Phi) is 5.33. The molecule has 0 aliphatic carbocycles. The zero-order valence-corrected chi connectivity index (χ0v) is 17.7. The van der Waals surface area contributed by atoms with Crippen molar-refractivity contribution in [3.05, 3.63) is 94.0 Å². The number of hydrogen-bond acceptors (Lipinski definition) is 2. The fraction of sp³-hybridized carbons (Fsp3) is 0.240. The summed E-state index contributed by atoms with van der Waals surface area (Å²) in [6.45, 7) is 6.29. The third kappa shape index (κ3) is 4.01. The van der Waals surface area contributed by atoms with Gasteiger partial charge in [-0.15, -0.1) is 0 Å². The van der Waals surface area contributed by atoms with Crippen molar-refractivity contribution in [2.45, 2.75) is 39.3 Å². The second-order valence-corrected chi connectivity index (χ2v) is 8.33. The summed E-state index contributed by atoms with van der Waals surface area (Å²) in [5.74, 6) is 0.00746. The molecule has 0 spiro atoms. The second-order valence-electron chi connectivity index (χ2n) is 7.89. The van der Waals surface area contributed by atoms with E-state index < -0.39 is 0 Å². The SMILES string of the molecule is Cc1ccc(N[C@@H]2C[C@H](C)N(C(=O)c3ccc(Cl)cc3)c3ccc(C)cc32)cc1. The Labute approximate surface area is 177 Å². The maximum absolute atomic E-state index is 13.3. The molecule has 2 atom stereocenters. The van der Waals surface area contributed by atoms with Crippen molar-refractivity contribution >= 4 is 28.9 Å². The van der Waals surface area contributed by atoms with Gasteiger partial charge in [-0.05, 0) is 75.2 Å². The molecule has 3 aromatic rings. The number of hydrogen-bond donors (Lipinski definition) is 1. The number of nitrogens with zero attached hydrogens (tertiary/aromatic N) is 1. The Balaban J connectivity index is 1.70. The zero-order chi connectivity index (χ0) is 20.5. The maximum atomic E-state index is 13.3. The van der Waals surface area contributed by atoms with Gasteiger partial charge >= 0.3 is 0 Å². The summed E-state index contributed by atoms with van der Waals surface area (Å²) in [4.78, 5) is 15.3. The van der Waals surface area contributed by atoms with Gasteiger partial charge in [0.25, 0.3) is 5.91 Å². The predicted octanol–water partition coefficient (Wildman–Crippen LogP) is 6.55. The van der Waals surface area contributed by atoms with Gasteiger partial charge < -0.3 is 10.2 Å². The van der Waals surface area contributed by atoms with E-state index in [1.165, 1.54) is 11.1 Å². The summed E-state index contributed by atoms with van der Waals surface area (Å²) in [5, 5.41) is 4.30. The molecular weight excluding hydrogens is 380 g/mol. The van der Waals surface area contributed by atoms with Gasteiger partial charge in [0.05, 0.1) is 6.04 Å². The molecule has 0 aromatic heterocycles.